The molecule has 3 fully saturated rings. The molecule has 0 bridgehead atoms. The van der Waals surface area contributed by atoms with Crippen LogP contribution in [0.4, 0.5) is 17.5 Å². The number of nitrogens with zero attached hydrogens (tertiary/aromatic N) is 5. The van der Waals surface area contributed by atoms with Crippen molar-refractivity contribution >= 4 is 29.1 Å². The monoisotopic (exact) mass is 503 g/mol. The van der Waals surface area contributed by atoms with Gasteiger partial charge in [0.15, 0.2) is 17.3 Å². The number of amides is 1. The Labute approximate surface area is 218 Å². The summed E-state index contributed by atoms with van der Waals surface area (Å²) in [5.41, 5.74) is 7.75. The second-order valence-corrected chi connectivity index (χ2v) is 10.7. The predicted molar refractivity (Wildman–Crippen MR) is 144 cm³/mol. The zero-order valence-electron chi connectivity index (χ0n) is 21.6. The van der Waals surface area contributed by atoms with Crippen molar-refractivity contribution in [2.45, 2.75) is 69.9 Å². The molecule has 2 atom stereocenters. The molecular weight excluding hydrogens is 466 g/mol. The summed E-state index contributed by atoms with van der Waals surface area (Å²) in [6.45, 7) is 8.80. The van der Waals surface area contributed by atoms with Crippen LogP contribution < -0.4 is 16.0 Å². The number of nitrogens with two attached hydrogens (primary N) is 1. The lowest BCUT2D eigenvalue weighted by Crippen LogP contribution is -2.45. The molecule has 9 nitrogen and oxygen atoms in total. The van der Waals surface area contributed by atoms with Gasteiger partial charge in [-0.25, -0.2) is 0 Å². The van der Waals surface area contributed by atoms with Crippen LogP contribution in [0.15, 0.2) is 36.9 Å². The first-order valence-electron chi connectivity index (χ1n) is 13.5. The molecule has 37 heavy (non-hydrogen) atoms. The molecule has 196 valence electrons. The highest BCUT2D eigenvalue weighted by Gasteiger charge is 2.33. The fraction of sp³-hybridized carbons (Fsp3) is 0.536. The van der Waals surface area contributed by atoms with Gasteiger partial charge in [0.1, 0.15) is 0 Å². The van der Waals surface area contributed by atoms with Crippen molar-refractivity contribution in [3.63, 3.8) is 0 Å². The highest BCUT2D eigenvalue weighted by atomic mass is 16.1. The number of hydrogen-bond acceptors (Lipinski definition) is 8. The van der Waals surface area contributed by atoms with Crippen molar-refractivity contribution in [1.29, 1.82) is 0 Å². The Hall–Kier alpha value is -3.33. The SMILES string of the molecule is C=CC(=O)C[C@@H]1CCCN(c2nnc(C(N)=O)c(Nc3ccc(C4CCN(C5CC5)CC4)cc3)n2)[C@@H]1C. The Morgan fingerprint density at radius 1 is 1.08 bits per heavy atom. The van der Waals surface area contributed by atoms with Gasteiger partial charge in [0.2, 0.25) is 5.95 Å². The Morgan fingerprint density at radius 2 is 1.81 bits per heavy atom. The van der Waals surface area contributed by atoms with E-state index in [4.69, 9.17) is 5.73 Å². The second kappa shape index (κ2) is 11.0. The van der Waals surface area contributed by atoms with Gasteiger partial charge in [-0.15, -0.1) is 10.2 Å². The van der Waals surface area contributed by atoms with Crippen LogP contribution in [0.5, 0.6) is 0 Å². The van der Waals surface area contributed by atoms with Gasteiger partial charge in [0.25, 0.3) is 5.91 Å². The molecule has 5 rings (SSSR count). The number of allylic oxidation sites excluding steroid dienone is 1. The fourth-order valence-electron chi connectivity index (χ4n) is 5.82. The summed E-state index contributed by atoms with van der Waals surface area (Å²) in [5.74, 6) is 0.836. The molecule has 9 heteroatoms. The van der Waals surface area contributed by atoms with E-state index in [-0.39, 0.29) is 23.4 Å². The lowest BCUT2D eigenvalue weighted by Gasteiger charge is -2.39. The minimum atomic E-state index is -0.686. The summed E-state index contributed by atoms with van der Waals surface area (Å²) in [6, 6.07) is 9.26. The normalized spacial score (nSPS) is 23.0. The molecule has 1 aromatic heterocycles. The van der Waals surface area contributed by atoms with Gasteiger partial charge in [-0.2, -0.15) is 4.98 Å². The van der Waals surface area contributed by atoms with Crippen molar-refractivity contribution in [3.05, 3.63) is 48.2 Å². The van der Waals surface area contributed by atoms with E-state index in [1.807, 2.05) is 12.1 Å². The van der Waals surface area contributed by atoms with E-state index in [9.17, 15) is 9.59 Å². The number of benzene rings is 1. The van der Waals surface area contributed by atoms with Gasteiger partial charge in [0.05, 0.1) is 0 Å². The molecule has 0 unspecified atom stereocenters. The van der Waals surface area contributed by atoms with Crippen LogP contribution in [0, 0.1) is 5.92 Å². The highest BCUT2D eigenvalue weighted by molar-refractivity contribution is 5.96. The number of likely N-dealkylation sites (tertiary alicyclic amines) is 1. The van der Waals surface area contributed by atoms with Crippen LogP contribution >= 0.6 is 0 Å². The Bertz CT molecular complexity index is 1140. The third kappa shape index (κ3) is 5.82. The van der Waals surface area contributed by atoms with Gasteiger partial charge in [-0.3, -0.25) is 9.59 Å². The summed E-state index contributed by atoms with van der Waals surface area (Å²) in [4.78, 5) is 33.4. The van der Waals surface area contributed by atoms with Crippen molar-refractivity contribution in [3.8, 4) is 0 Å². The van der Waals surface area contributed by atoms with Crippen LogP contribution in [0.3, 0.4) is 0 Å². The average Bonchev–Trinajstić information content (AvgIpc) is 3.76. The lowest BCUT2D eigenvalue weighted by molar-refractivity contribution is -0.115. The van der Waals surface area contributed by atoms with Crippen LogP contribution in [0.2, 0.25) is 0 Å². The van der Waals surface area contributed by atoms with Crippen molar-refractivity contribution in [2.24, 2.45) is 11.7 Å². The smallest absolute Gasteiger partial charge is 0.273 e. The van der Waals surface area contributed by atoms with E-state index in [0.29, 0.717) is 24.1 Å². The number of carbonyl (C=O) groups excluding carboxylic acids is 2. The standard InChI is InChI=1S/C28H37N7O2/c1-3-24(36)17-21-5-4-14-35(18(21)2)28-31-27(25(26(29)37)32-33-28)30-22-8-6-19(7-9-22)20-12-15-34(16-13-20)23-10-11-23/h3,6-9,18,20-21,23H,1,4-5,10-17H2,2H3,(H2,29,37)(H,30,31,33)/t18-,21+/m1/s1. The molecule has 3 heterocycles. The molecular formula is C28H37N7O2. The number of anilines is 3. The number of nitrogens with one attached hydrogen (secondary N) is 1. The maximum atomic E-state index is 12.1. The second-order valence-electron chi connectivity index (χ2n) is 10.7. The van der Waals surface area contributed by atoms with Crippen molar-refractivity contribution < 1.29 is 9.59 Å². The Kier molecular flexibility index (Phi) is 7.50. The fourth-order valence-corrected chi connectivity index (χ4v) is 5.82. The first kappa shape index (κ1) is 25.3. The topological polar surface area (TPSA) is 117 Å². The van der Waals surface area contributed by atoms with Gasteiger partial charge < -0.3 is 20.9 Å². The Morgan fingerprint density at radius 3 is 2.46 bits per heavy atom. The van der Waals surface area contributed by atoms with E-state index < -0.39 is 5.91 Å². The molecule has 0 radical (unpaired) electrons. The molecule has 3 N–H and O–H groups in total. The zero-order valence-corrected chi connectivity index (χ0v) is 21.6. The van der Waals surface area contributed by atoms with Crippen LogP contribution in [-0.2, 0) is 4.79 Å². The van der Waals surface area contributed by atoms with Gasteiger partial charge in [-0.05, 0) is 94.1 Å². The van der Waals surface area contributed by atoms with Crippen molar-refractivity contribution in [2.75, 3.05) is 29.9 Å². The minimum Gasteiger partial charge on any atom is -0.364 e. The first-order valence-corrected chi connectivity index (χ1v) is 13.5. The van der Waals surface area contributed by atoms with E-state index >= 15 is 0 Å². The predicted octanol–water partition coefficient (Wildman–Crippen LogP) is 3.81. The molecule has 1 aliphatic carbocycles. The van der Waals surface area contributed by atoms with E-state index in [2.05, 4.69) is 55.9 Å². The highest BCUT2D eigenvalue weighted by Crippen LogP contribution is 2.35. The van der Waals surface area contributed by atoms with E-state index in [1.165, 1.54) is 50.4 Å². The Balaban J connectivity index is 1.30. The van der Waals surface area contributed by atoms with Gasteiger partial charge >= 0.3 is 0 Å². The van der Waals surface area contributed by atoms with Gasteiger partial charge in [0, 0.05) is 30.7 Å². The molecule has 2 aromatic rings. The lowest BCUT2D eigenvalue weighted by atomic mass is 9.86. The van der Waals surface area contributed by atoms with Crippen LogP contribution in [0.25, 0.3) is 0 Å². The van der Waals surface area contributed by atoms with Gasteiger partial charge in [-0.1, -0.05) is 18.7 Å². The minimum absolute atomic E-state index is 0.00308. The summed E-state index contributed by atoms with van der Waals surface area (Å²) in [5, 5.41) is 11.6. The number of piperidine rings is 2. The molecule has 3 aliphatic rings. The van der Waals surface area contributed by atoms with E-state index in [0.717, 1.165) is 31.1 Å². The van der Waals surface area contributed by atoms with Crippen LogP contribution in [-0.4, -0.2) is 63.5 Å². The molecule has 1 saturated carbocycles. The number of ketones is 1. The molecule has 1 amide bonds. The average molecular weight is 504 g/mol. The molecule has 1 aromatic carbocycles. The first-order chi connectivity index (χ1) is 17.9. The zero-order chi connectivity index (χ0) is 25.9. The maximum Gasteiger partial charge on any atom is 0.273 e. The molecule has 2 aliphatic heterocycles. The third-order valence-electron chi connectivity index (χ3n) is 8.24. The van der Waals surface area contributed by atoms with Crippen molar-refractivity contribution in [1.82, 2.24) is 20.1 Å². The number of aromatic nitrogens is 3. The summed E-state index contributed by atoms with van der Waals surface area (Å²) >= 11 is 0. The quantitative estimate of drug-likeness (QED) is 0.496. The number of primary amides is 1. The number of rotatable bonds is 9. The summed E-state index contributed by atoms with van der Waals surface area (Å²) in [7, 11) is 0. The summed E-state index contributed by atoms with van der Waals surface area (Å²) in [6.07, 6.45) is 8.84. The largest absolute Gasteiger partial charge is 0.364 e. The van der Waals surface area contributed by atoms with Crippen LogP contribution in [0.1, 0.15) is 73.8 Å². The van der Waals surface area contributed by atoms with E-state index in [1.54, 1.807) is 0 Å². The molecule has 0 spiro atoms. The number of hydrogen-bond donors (Lipinski definition) is 2. The number of carbonyl (C=O) groups is 2. The third-order valence-corrected chi connectivity index (χ3v) is 8.24. The molecule has 2 saturated heterocycles. The maximum absolute atomic E-state index is 12.1. The summed E-state index contributed by atoms with van der Waals surface area (Å²) < 4.78 is 0.